The van der Waals surface area contributed by atoms with Gasteiger partial charge in [0, 0.05) is 18.3 Å². The number of aryl methyl sites for hydroxylation is 1. The summed E-state index contributed by atoms with van der Waals surface area (Å²) < 4.78 is 0. The van der Waals surface area contributed by atoms with Crippen molar-refractivity contribution in [1.29, 1.82) is 0 Å². The summed E-state index contributed by atoms with van der Waals surface area (Å²) in [5, 5.41) is 13.3. The van der Waals surface area contributed by atoms with Gasteiger partial charge >= 0.3 is 0 Å². The number of halogens is 1. The molecule has 0 atom stereocenters. The fourth-order valence-electron chi connectivity index (χ4n) is 1.56. The fourth-order valence-corrected chi connectivity index (χ4v) is 1.75. The highest BCUT2D eigenvalue weighted by atomic mass is 35.5. The van der Waals surface area contributed by atoms with E-state index < -0.39 is 0 Å². The maximum atomic E-state index is 9.69. The summed E-state index contributed by atoms with van der Waals surface area (Å²) >= 11 is 5.93. The van der Waals surface area contributed by atoms with Crippen molar-refractivity contribution in [2.75, 3.05) is 5.32 Å². The third-order valence-corrected chi connectivity index (χ3v) is 2.76. The lowest BCUT2D eigenvalue weighted by molar-refractivity contribution is 0.469. The Kier molecular flexibility index (Phi) is 3.49. The second-order valence-electron chi connectivity index (χ2n) is 3.83. The number of rotatable bonds is 3. The Morgan fingerprint density at radius 2 is 2.18 bits per heavy atom. The topological polar surface area (TPSA) is 45.1 Å². The van der Waals surface area contributed by atoms with Gasteiger partial charge in [-0.05, 0) is 25.1 Å². The first-order chi connectivity index (χ1) is 8.16. The predicted molar refractivity (Wildman–Crippen MR) is 69.4 cm³/mol. The number of hydrogen-bond donors (Lipinski definition) is 2. The zero-order valence-corrected chi connectivity index (χ0v) is 10.2. The largest absolute Gasteiger partial charge is 0.508 e. The normalized spacial score (nSPS) is 10.2. The van der Waals surface area contributed by atoms with E-state index in [0.29, 0.717) is 11.7 Å². The first-order valence-corrected chi connectivity index (χ1v) is 5.67. The van der Waals surface area contributed by atoms with Crippen LogP contribution in [0.2, 0.25) is 5.15 Å². The van der Waals surface area contributed by atoms with Crippen molar-refractivity contribution in [3.8, 4) is 5.75 Å². The third kappa shape index (κ3) is 2.88. The van der Waals surface area contributed by atoms with Crippen LogP contribution in [-0.4, -0.2) is 10.1 Å². The van der Waals surface area contributed by atoms with E-state index in [-0.39, 0.29) is 5.75 Å². The minimum Gasteiger partial charge on any atom is -0.508 e. The standard InChI is InChI=1S/C13H13ClN2O/c1-9-4-5-12(17)10(7-9)8-16-11-3-2-6-15-13(11)14/h2-7,16-17H,8H2,1H3. The molecule has 0 saturated carbocycles. The average molecular weight is 249 g/mol. The summed E-state index contributed by atoms with van der Waals surface area (Å²) in [5.41, 5.74) is 2.71. The molecular weight excluding hydrogens is 236 g/mol. The number of nitrogens with zero attached hydrogens (tertiary/aromatic N) is 1. The van der Waals surface area contributed by atoms with Gasteiger partial charge in [-0.2, -0.15) is 0 Å². The molecule has 1 aromatic heterocycles. The molecule has 1 aromatic carbocycles. The Bertz CT molecular complexity index is 529. The van der Waals surface area contributed by atoms with Crippen LogP contribution in [0, 0.1) is 6.92 Å². The van der Waals surface area contributed by atoms with Gasteiger partial charge in [0.2, 0.25) is 0 Å². The molecule has 0 aliphatic rings. The van der Waals surface area contributed by atoms with Gasteiger partial charge in [-0.1, -0.05) is 29.3 Å². The van der Waals surface area contributed by atoms with Gasteiger partial charge in [0.1, 0.15) is 5.75 Å². The number of hydrogen-bond acceptors (Lipinski definition) is 3. The molecule has 0 radical (unpaired) electrons. The molecule has 0 aliphatic carbocycles. The van der Waals surface area contributed by atoms with Crippen LogP contribution in [0.5, 0.6) is 5.75 Å². The molecule has 2 aromatic rings. The summed E-state index contributed by atoms with van der Waals surface area (Å²) in [6.45, 7) is 2.50. The highest BCUT2D eigenvalue weighted by Gasteiger charge is 2.03. The van der Waals surface area contributed by atoms with E-state index in [1.54, 1.807) is 12.3 Å². The number of phenols is 1. The Balaban J connectivity index is 2.12. The molecule has 4 heteroatoms. The van der Waals surface area contributed by atoms with Gasteiger partial charge in [0.15, 0.2) is 5.15 Å². The van der Waals surface area contributed by atoms with E-state index in [1.165, 1.54) is 0 Å². The van der Waals surface area contributed by atoms with Gasteiger partial charge in [0.25, 0.3) is 0 Å². The fraction of sp³-hybridized carbons (Fsp3) is 0.154. The van der Waals surface area contributed by atoms with Crippen molar-refractivity contribution in [3.05, 3.63) is 52.8 Å². The van der Waals surface area contributed by atoms with E-state index in [4.69, 9.17) is 11.6 Å². The highest BCUT2D eigenvalue weighted by Crippen LogP contribution is 2.22. The van der Waals surface area contributed by atoms with E-state index >= 15 is 0 Å². The number of benzene rings is 1. The molecular formula is C13H13ClN2O. The van der Waals surface area contributed by atoms with Gasteiger partial charge < -0.3 is 10.4 Å². The first-order valence-electron chi connectivity index (χ1n) is 5.29. The first kappa shape index (κ1) is 11.7. The number of aromatic nitrogens is 1. The Morgan fingerprint density at radius 1 is 1.35 bits per heavy atom. The van der Waals surface area contributed by atoms with Gasteiger partial charge in [-0.25, -0.2) is 4.98 Å². The molecule has 1 heterocycles. The van der Waals surface area contributed by atoms with E-state index in [2.05, 4.69) is 10.3 Å². The van der Waals surface area contributed by atoms with Crippen molar-refractivity contribution >= 4 is 17.3 Å². The second-order valence-corrected chi connectivity index (χ2v) is 4.19. The van der Waals surface area contributed by atoms with Crippen LogP contribution < -0.4 is 5.32 Å². The smallest absolute Gasteiger partial charge is 0.152 e. The Labute approximate surface area is 105 Å². The molecule has 2 rings (SSSR count). The van der Waals surface area contributed by atoms with Crippen LogP contribution in [0.25, 0.3) is 0 Å². The van der Waals surface area contributed by atoms with Gasteiger partial charge in [-0.3, -0.25) is 0 Å². The summed E-state index contributed by atoms with van der Waals surface area (Å²) in [6, 6.07) is 9.16. The van der Waals surface area contributed by atoms with Crippen molar-refractivity contribution in [1.82, 2.24) is 4.98 Å². The lowest BCUT2D eigenvalue weighted by Gasteiger charge is -2.09. The minimum absolute atomic E-state index is 0.281. The molecule has 0 bridgehead atoms. The van der Waals surface area contributed by atoms with Crippen molar-refractivity contribution in [2.45, 2.75) is 13.5 Å². The lowest BCUT2D eigenvalue weighted by atomic mass is 10.1. The summed E-state index contributed by atoms with van der Waals surface area (Å²) in [5.74, 6) is 0.281. The van der Waals surface area contributed by atoms with Gasteiger partial charge in [0.05, 0.1) is 5.69 Å². The van der Waals surface area contributed by atoms with Crippen molar-refractivity contribution < 1.29 is 5.11 Å². The van der Waals surface area contributed by atoms with Crippen LogP contribution in [0.15, 0.2) is 36.5 Å². The molecule has 0 saturated heterocycles. The Morgan fingerprint density at radius 3 is 2.94 bits per heavy atom. The molecule has 88 valence electrons. The zero-order chi connectivity index (χ0) is 12.3. The van der Waals surface area contributed by atoms with E-state index in [1.807, 2.05) is 31.2 Å². The monoisotopic (exact) mass is 248 g/mol. The van der Waals surface area contributed by atoms with Crippen LogP contribution in [0.1, 0.15) is 11.1 Å². The maximum Gasteiger partial charge on any atom is 0.152 e. The minimum atomic E-state index is 0.281. The van der Waals surface area contributed by atoms with E-state index in [0.717, 1.165) is 16.8 Å². The summed E-state index contributed by atoms with van der Waals surface area (Å²) in [4.78, 5) is 3.97. The predicted octanol–water partition coefficient (Wildman–Crippen LogP) is 3.36. The number of nitrogens with one attached hydrogen (secondary N) is 1. The lowest BCUT2D eigenvalue weighted by Crippen LogP contribution is -2.01. The molecule has 0 unspecified atom stereocenters. The number of aromatic hydroxyl groups is 1. The molecule has 3 nitrogen and oxygen atoms in total. The van der Waals surface area contributed by atoms with Crippen LogP contribution in [0.3, 0.4) is 0 Å². The average Bonchev–Trinajstić information content (AvgIpc) is 2.32. The van der Waals surface area contributed by atoms with Gasteiger partial charge in [-0.15, -0.1) is 0 Å². The zero-order valence-electron chi connectivity index (χ0n) is 9.44. The second kappa shape index (κ2) is 5.06. The van der Waals surface area contributed by atoms with Crippen LogP contribution in [-0.2, 0) is 6.54 Å². The van der Waals surface area contributed by atoms with E-state index in [9.17, 15) is 5.11 Å². The molecule has 2 N–H and O–H groups in total. The summed E-state index contributed by atoms with van der Waals surface area (Å²) in [7, 11) is 0. The van der Waals surface area contributed by atoms with Crippen LogP contribution >= 0.6 is 11.6 Å². The molecule has 0 fully saturated rings. The molecule has 0 spiro atoms. The van der Waals surface area contributed by atoms with Crippen LogP contribution in [0.4, 0.5) is 5.69 Å². The quantitative estimate of drug-likeness (QED) is 0.819. The number of pyridine rings is 1. The number of phenolic OH excluding ortho intramolecular Hbond substituents is 1. The summed E-state index contributed by atoms with van der Waals surface area (Å²) in [6.07, 6.45) is 1.64. The maximum absolute atomic E-state index is 9.69. The molecule has 17 heavy (non-hydrogen) atoms. The van der Waals surface area contributed by atoms with Crippen molar-refractivity contribution in [2.24, 2.45) is 0 Å². The highest BCUT2D eigenvalue weighted by molar-refractivity contribution is 6.31. The Hall–Kier alpha value is -1.74. The third-order valence-electron chi connectivity index (χ3n) is 2.46. The number of anilines is 1. The molecule has 0 aliphatic heterocycles. The SMILES string of the molecule is Cc1ccc(O)c(CNc2cccnc2Cl)c1. The van der Waals surface area contributed by atoms with Crippen molar-refractivity contribution in [3.63, 3.8) is 0 Å². The molecule has 0 amide bonds.